The Morgan fingerprint density at radius 2 is 1.74 bits per heavy atom. The second-order valence-corrected chi connectivity index (χ2v) is 8.87. The average molecular weight is 492 g/mol. The van der Waals surface area contributed by atoms with E-state index in [0.29, 0.717) is 28.7 Å². The van der Waals surface area contributed by atoms with E-state index in [9.17, 15) is 18.8 Å². The van der Waals surface area contributed by atoms with Crippen molar-refractivity contribution in [2.24, 2.45) is 4.99 Å². The molecular weight excluding hydrogens is 469 g/mol. The van der Waals surface area contributed by atoms with Gasteiger partial charge in [0, 0.05) is 12.1 Å². The summed E-state index contributed by atoms with van der Waals surface area (Å²) < 4.78 is 18.0. The number of benzene rings is 3. The lowest BCUT2D eigenvalue weighted by Gasteiger charge is -2.32. The fourth-order valence-electron chi connectivity index (χ4n) is 3.42. The molecule has 9 heteroatoms. The summed E-state index contributed by atoms with van der Waals surface area (Å²) in [5.74, 6) is -1.47. The quantitative estimate of drug-likeness (QED) is 0.502. The average Bonchev–Trinajstić information content (AvgIpc) is 2.87. The third-order valence-corrected chi connectivity index (χ3v) is 6.43. The number of nitrogens with zero attached hydrogens (tertiary/aromatic N) is 2. The van der Waals surface area contributed by atoms with Gasteiger partial charge in [0.2, 0.25) is 11.8 Å². The standard InChI is InChI=1S/C26H22FN3O4S/c1-34-25(33)18-7-11-20(12-8-18)28-24(32)22-15-23(31)30(16-17-5-3-2-4-6-17)26(35-22)29-21-13-9-19(27)10-14-21/h2-14,22H,15-16H2,1H3,(H,28,32)/t22-/m0/s1. The number of thioether (sulfide) groups is 1. The highest BCUT2D eigenvalue weighted by molar-refractivity contribution is 8.15. The van der Waals surface area contributed by atoms with Gasteiger partial charge in [-0.05, 0) is 54.1 Å². The lowest BCUT2D eigenvalue weighted by Crippen LogP contribution is -2.44. The molecule has 178 valence electrons. The minimum atomic E-state index is -0.714. The molecule has 1 saturated heterocycles. The third kappa shape index (κ3) is 6.13. The summed E-state index contributed by atoms with van der Waals surface area (Å²) in [6.07, 6.45) is -0.00792. The van der Waals surface area contributed by atoms with Crippen molar-refractivity contribution in [1.29, 1.82) is 0 Å². The van der Waals surface area contributed by atoms with Crippen LogP contribution in [0.1, 0.15) is 22.3 Å². The van der Waals surface area contributed by atoms with E-state index in [4.69, 9.17) is 0 Å². The molecule has 1 aliphatic heterocycles. The molecule has 3 aromatic rings. The second kappa shape index (κ2) is 11.0. The van der Waals surface area contributed by atoms with Gasteiger partial charge in [0.15, 0.2) is 5.17 Å². The molecule has 0 radical (unpaired) electrons. The molecule has 1 atom stereocenters. The molecule has 0 aromatic heterocycles. The van der Waals surface area contributed by atoms with E-state index in [0.717, 1.165) is 5.56 Å². The van der Waals surface area contributed by atoms with E-state index >= 15 is 0 Å². The number of rotatable bonds is 6. The largest absolute Gasteiger partial charge is 0.465 e. The topological polar surface area (TPSA) is 88.1 Å². The van der Waals surface area contributed by atoms with E-state index in [-0.39, 0.29) is 18.2 Å². The van der Waals surface area contributed by atoms with Crippen LogP contribution in [0.15, 0.2) is 83.9 Å². The highest BCUT2D eigenvalue weighted by Gasteiger charge is 2.36. The molecule has 0 spiro atoms. The van der Waals surface area contributed by atoms with Gasteiger partial charge in [-0.25, -0.2) is 14.2 Å². The normalized spacial score (nSPS) is 16.7. The van der Waals surface area contributed by atoms with Crippen molar-refractivity contribution in [3.8, 4) is 0 Å². The van der Waals surface area contributed by atoms with E-state index in [1.807, 2.05) is 30.3 Å². The number of halogens is 1. The Hall–Kier alpha value is -3.98. The number of methoxy groups -OCH3 is 1. The number of carbonyl (C=O) groups excluding carboxylic acids is 3. The van der Waals surface area contributed by atoms with Crippen LogP contribution in [0.4, 0.5) is 15.8 Å². The lowest BCUT2D eigenvalue weighted by atomic mass is 10.2. The van der Waals surface area contributed by atoms with Crippen LogP contribution in [0.2, 0.25) is 0 Å². The number of hydrogen-bond acceptors (Lipinski definition) is 6. The maximum absolute atomic E-state index is 13.4. The van der Waals surface area contributed by atoms with Crippen LogP contribution < -0.4 is 5.32 Å². The smallest absolute Gasteiger partial charge is 0.337 e. The van der Waals surface area contributed by atoms with Crippen molar-refractivity contribution in [1.82, 2.24) is 4.90 Å². The summed E-state index contributed by atoms with van der Waals surface area (Å²) in [5.41, 5.74) is 2.23. The van der Waals surface area contributed by atoms with Crippen molar-refractivity contribution in [2.45, 2.75) is 18.2 Å². The summed E-state index contributed by atoms with van der Waals surface area (Å²) in [5, 5.41) is 2.43. The van der Waals surface area contributed by atoms with Crippen LogP contribution in [0, 0.1) is 5.82 Å². The highest BCUT2D eigenvalue weighted by Crippen LogP contribution is 2.31. The number of amidine groups is 1. The molecule has 0 bridgehead atoms. The highest BCUT2D eigenvalue weighted by atomic mass is 32.2. The Balaban J connectivity index is 1.55. The molecule has 4 rings (SSSR count). The molecule has 1 heterocycles. The Morgan fingerprint density at radius 3 is 2.40 bits per heavy atom. The monoisotopic (exact) mass is 491 g/mol. The molecule has 7 nitrogen and oxygen atoms in total. The summed E-state index contributed by atoms with van der Waals surface area (Å²) in [6.45, 7) is 0.302. The van der Waals surface area contributed by atoms with E-state index in [1.54, 1.807) is 24.3 Å². The molecule has 35 heavy (non-hydrogen) atoms. The van der Waals surface area contributed by atoms with Gasteiger partial charge in [0.1, 0.15) is 11.1 Å². The van der Waals surface area contributed by atoms with Gasteiger partial charge < -0.3 is 10.1 Å². The van der Waals surface area contributed by atoms with Crippen molar-refractivity contribution in [2.75, 3.05) is 12.4 Å². The molecule has 1 N–H and O–H groups in total. The fraction of sp³-hybridized carbons (Fsp3) is 0.154. The number of anilines is 1. The molecule has 1 aliphatic rings. The maximum Gasteiger partial charge on any atom is 0.337 e. The van der Waals surface area contributed by atoms with Gasteiger partial charge in [-0.15, -0.1) is 0 Å². The SMILES string of the molecule is COC(=O)c1ccc(NC(=O)[C@@H]2CC(=O)N(Cc3ccccc3)C(=Nc3ccc(F)cc3)S2)cc1. The number of aliphatic imine (C=N–C) groups is 1. The van der Waals surface area contributed by atoms with Crippen LogP contribution in [0.5, 0.6) is 0 Å². The Kier molecular flexibility index (Phi) is 7.57. The number of esters is 1. The first-order valence-electron chi connectivity index (χ1n) is 10.8. The van der Waals surface area contributed by atoms with Crippen LogP contribution >= 0.6 is 11.8 Å². The summed E-state index contributed by atoms with van der Waals surface area (Å²) in [4.78, 5) is 43.8. The van der Waals surface area contributed by atoms with Gasteiger partial charge in [-0.1, -0.05) is 42.1 Å². The summed E-state index contributed by atoms with van der Waals surface area (Å²) in [7, 11) is 1.29. The maximum atomic E-state index is 13.4. The first-order valence-corrected chi connectivity index (χ1v) is 11.7. The Bertz CT molecular complexity index is 1250. The second-order valence-electron chi connectivity index (χ2n) is 7.71. The number of nitrogens with one attached hydrogen (secondary N) is 1. The zero-order chi connectivity index (χ0) is 24.8. The molecule has 1 fully saturated rings. The number of carbonyl (C=O) groups is 3. The molecule has 0 unspecified atom stereocenters. The van der Waals surface area contributed by atoms with Crippen LogP contribution in [0.3, 0.4) is 0 Å². The first kappa shape index (κ1) is 24.2. The van der Waals surface area contributed by atoms with Gasteiger partial charge in [0.05, 0.1) is 24.9 Å². The number of hydrogen-bond donors (Lipinski definition) is 1. The van der Waals surface area contributed by atoms with Crippen LogP contribution in [-0.2, 0) is 20.9 Å². The summed E-state index contributed by atoms with van der Waals surface area (Å²) in [6, 6.07) is 21.4. The first-order chi connectivity index (χ1) is 16.9. The zero-order valence-corrected chi connectivity index (χ0v) is 19.6. The van der Waals surface area contributed by atoms with Crippen molar-refractivity contribution in [3.63, 3.8) is 0 Å². The third-order valence-electron chi connectivity index (χ3n) is 5.24. The van der Waals surface area contributed by atoms with E-state index in [1.165, 1.54) is 48.0 Å². The van der Waals surface area contributed by atoms with Gasteiger partial charge in [0.25, 0.3) is 0 Å². The van der Waals surface area contributed by atoms with Gasteiger partial charge in [-0.2, -0.15) is 0 Å². The Labute approximate surface area is 206 Å². The number of ether oxygens (including phenoxy) is 1. The Morgan fingerprint density at radius 1 is 1.06 bits per heavy atom. The molecule has 0 aliphatic carbocycles. The molecule has 2 amide bonds. The van der Waals surface area contributed by atoms with Crippen molar-refractivity contribution in [3.05, 3.63) is 95.8 Å². The van der Waals surface area contributed by atoms with Crippen LogP contribution in [0.25, 0.3) is 0 Å². The summed E-state index contributed by atoms with van der Waals surface area (Å²) >= 11 is 1.18. The van der Waals surface area contributed by atoms with Crippen LogP contribution in [-0.4, -0.2) is 40.2 Å². The lowest BCUT2D eigenvalue weighted by molar-refractivity contribution is -0.129. The molecule has 3 aromatic carbocycles. The van der Waals surface area contributed by atoms with Gasteiger partial charge in [-0.3, -0.25) is 14.5 Å². The van der Waals surface area contributed by atoms with Gasteiger partial charge >= 0.3 is 5.97 Å². The predicted octanol–water partition coefficient (Wildman–Crippen LogP) is 4.77. The minimum absolute atomic E-state index is 0.00792. The predicted molar refractivity (Wildman–Crippen MR) is 133 cm³/mol. The minimum Gasteiger partial charge on any atom is -0.465 e. The van der Waals surface area contributed by atoms with Crippen molar-refractivity contribution < 1.29 is 23.5 Å². The fourth-order valence-corrected chi connectivity index (χ4v) is 4.52. The molecular formula is C26H22FN3O4S. The zero-order valence-electron chi connectivity index (χ0n) is 18.8. The molecule has 0 saturated carbocycles. The van der Waals surface area contributed by atoms with Crippen molar-refractivity contribution >= 4 is 46.1 Å². The van der Waals surface area contributed by atoms with E-state index in [2.05, 4.69) is 15.0 Å². The van der Waals surface area contributed by atoms with E-state index < -0.39 is 17.0 Å². The number of amides is 2.